The van der Waals surface area contributed by atoms with Crippen LogP contribution in [0.5, 0.6) is 0 Å². The fourth-order valence-electron chi connectivity index (χ4n) is 7.87. The lowest BCUT2D eigenvalue weighted by Gasteiger charge is -2.20. The molecule has 0 heterocycles. The van der Waals surface area contributed by atoms with Gasteiger partial charge >= 0.3 is 0 Å². The molecular weight excluding hydrogens is 577 g/mol. The molecule has 48 heavy (non-hydrogen) atoms. The summed E-state index contributed by atoms with van der Waals surface area (Å²) in [5.74, 6) is 0. The molecule has 0 unspecified atom stereocenters. The second-order valence-corrected chi connectivity index (χ2v) is 12.5. The topological polar surface area (TPSA) is 0 Å². The molecule has 0 spiro atoms. The molecule has 0 nitrogen and oxygen atoms in total. The second kappa shape index (κ2) is 11.4. The Labute approximate surface area is 280 Å². The Hall–Kier alpha value is -5.98. The van der Waals surface area contributed by atoms with Crippen molar-refractivity contribution >= 4 is 75.4 Å². The van der Waals surface area contributed by atoms with Crippen molar-refractivity contribution in [1.82, 2.24) is 0 Å². The van der Waals surface area contributed by atoms with Crippen molar-refractivity contribution in [3.8, 4) is 22.3 Å². The minimum atomic E-state index is 1.25. The van der Waals surface area contributed by atoms with Gasteiger partial charge in [0.05, 0.1) is 0 Å². The van der Waals surface area contributed by atoms with E-state index in [9.17, 15) is 0 Å². The Morgan fingerprint density at radius 3 is 1.15 bits per heavy atom. The van der Waals surface area contributed by atoms with Crippen molar-refractivity contribution in [2.45, 2.75) is 13.8 Å². The van der Waals surface area contributed by atoms with Gasteiger partial charge in [0, 0.05) is 0 Å². The Bertz CT molecular complexity index is 2850. The zero-order chi connectivity index (χ0) is 32.2. The van der Waals surface area contributed by atoms with E-state index in [0.717, 1.165) is 0 Å². The van der Waals surface area contributed by atoms with Gasteiger partial charge in [0.1, 0.15) is 0 Å². The first-order chi connectivity index (χ1) is 23.8. The molecule has 0 bridgehead atoms. The van der Waals surface area contributed by atoms with Gasteiger partial charge in [0.15, 0.2) is 0 Å². The fourth-order valence-corrected chi connectivity index (χ4v) is 7.87. The average molecular weight is 611 g/mol. The summed E-state index contributed by atoms with van der Waals surface area (Å²) < 4.78 is 0. The molecule has 0 saturated heterocycles. The normalized spacial score (nSPS) is 11.5. The SMILES string of the molecule is CC.c1ccc2c(c1)ccc1ccc(-c3c4ccccc4c(-c4ccc5ccc6ccccc6c5c4)c4c3ccc3ccccc34)cc12. The molecule has 0 atom stereocenters. The number of rotatable bonds is 2. The van der Waals surface area contributed by atoms with Gasteiger partial charge in [-0.25, -0.2) is 0 Å². The molecule has 0 aliphatic carbocycles. The molecule has 0 N–H and O–H groups in total. The molecule has 0 fully saturated rings. The van der Waals surface area contributed by atoms with E-state index in [2.05, 4.69) is 170 Å². The molecule has 226 valence electrons. The minimum absolute atomic E-state index is 1.25. The van der Waals surface area contributed by atoms with Crippen LogP contribution in [0.15, 0.2) is 170 Å². The van der Waals surface area contributed by atoms with E-state index in [4.69, 9.17) is 0 Å². The van der Waals surface area contributed by atoms with Crippen LogP contribution in [0.1, 0.15) is 13.8 Å². The lowest BCUT2D eigenvalue weighted by Crippen LogP contribution is -1.92. The molecule has 10 aromatic carbocycles. The van der Waals surface area contributed by atoms with E-state index in [1.807, 2.05) is 13.8 Å². The zero-order valence-corrected chi connectivity index (χ0v) is 27.2. The molecule has 0 amide bonds. The van der Waals surface area contributed by atoms with E-state index >= 15 is 0 Å². The third kappa shape index (κ3) is 4.30. The smallest absolute Gasteiger partial charge is 0.00141 e. The monoisotopic (exact) mass is 610 g/mol. The van der Waals surface area contributed by atoms with Crippen molar-refractivity contribution < 1.29 is 0 Å². The van der Waals surface area contributed by atoms with Crippen molar-refractivity contribution in [2.24, 2.45) is 0 Å². The van der Waals surface area contributed by atoms with E-state index in [0.29, 0.717) is 0 Å². The summed E-state index contributed by atoms with van der Waals surface area (Å²) in [6.45, 7) is 4.00. The van der Waals surface area contributed by atoms with Crippen LogP contribution in [0, 0.1) is 0 Å². The van der Waals surface area contributed by atoms with Crippen molar-refractivity contribution in [1.29, 1.82) is 0 Å². The van der Waals surface area contributed by atoms with Gasteiger partial charge in [-0.1, -0.05) is 172 Å². The first-order valence-corrected chi connectivity index (χ1v) is 17.0. The van der Waals surface area contributed by atoms with E-state index in [1.165, 1.54) is 97.7 Å². The molecule has 0 heteroatoms. The standard InChI is InChI=1S/C46H28.C2H6/c1-4-12-36-29(9-1)17-19-32-21-23-34(27-42(32)36)44-39-15-7-8-16-40(39)45(46-38-14-6-3-11-31(38)25-26-41(44)46)35-24-22-33-20-18-30-10-2-5-13-37(30)43(33)28-35;1-2/h1-28H;1-2H3. The van der Waals surface area contributed by atoms with Gasteiger partial charge in [-0.2, -0.15) is 0 Å². The van der Waals surface area contributed by atoms with Gasteiger partial charge in [-0.05, 0) is 110 Å². The summed E-state index contributed by atoms with van der Waals surface area (Å²) in [6, 6.07) is 63.0. The maximum absolute atomic E-state index is 2.42. The van der Waals surface area contributed by atoms with Gasteiger partial charge in [-0.15, -0.1) is 0 Å². The number of hydrogen-bond acceptors (Lipinski definition) is 0. The van der Waals surface area contributed by atoms with Gasteiger partial charge in [0.2, 0.25) is 0 Å². The summed E-state index contributed by atoms with van der Waals surface area (Å²) in [5.41, 5.74) is 5.09. The quantitative estimate of drug-likeness (QED) is 0.135. The Morgan fingerprint density at radius 2 is 0.604 bits per heavy atom. The first-order valence-electron chi connectivity index (χ1n) is 17.0. The van der Waals surface area contributed by atoms with Gasteiger partial charge in [-0.3, -0.25) is 0 Å². The Kier molecular flexibility index (Phi) is 6.69. The van der Waals surface area contributed by atoms with Crippen molar-refractivity contribution in [3.63, 3.8) is 0 Å². The van der Waals surface area contributed by atoms with Gasteiger partial charge < -0.3 is 0 Å². The van der Waals surface area contributed by atoms with Crippen LogP contribution in [0.3, 0.4) is 0 Å². The maximum Gasteiger partial charge on any atom is -0.00141 e. The van der Waals surface area contributed by atoms with Crippen LogP contribution in [0.4, 0.5) is 0 Å². The van der Waals surface area contributed by atoms with Crippen LogP contribution >= 0.6 is 0 Å². The molecular formula is C48H34. The van der Waals surface area contributed by atoms with Crippen LogP contribution in [-0.4, -0.2) is 0 Å². The average Bonchev–Trinajstić information content (AvgIpc) is 3.17. The summed E-state index contributed by atoms with van der Waals surface area (Å²) in [5, 5.41) is 17.9. The third-order valence-electron chi connectivity index (χ3n) is 9.98. The maximum atomic E-state index is 2.42. The largest absolute Gasteiger partial charge is 0.0683 e. The second-order valence-electron chi connectivity index (χ2n) is 12.5. The summed E-state index contributed by atoms with van der Waals surface area (Å²) in [6.07, 6.45) is 0. The molecule has 0 aliphatic rings. The predicted octanol–water partition coefficient (Wildman–Crippen LogP) is 14.1. The predicted molar refractivity (Wildman–Crippen MR) is 211 cm³/mol. The summed E-state index contributed by atoms with van der Waals surface area (Å²) in [4.78, 5) is 0. The van der Waals surface area contributed by atoms with E-state index < -0.39 is 0 Å². The highest BCUT2D eigenvalue weighted by Crippen LogP contribution is 2.47. The van der Waals surface area contributed by atoms with E-state index in [-0.39, 0.29) is 0 Å². The van der Waals surface area contributed by atoms with Crippen LogP contribution in [0.25, 0.3) is 97.7 Å². The molecule has 0 aliphatic heterocycles. The Morgan fingerprint density at radius 1 is 0.250 bits per heavy atom. The number of hydrogen-bond donors (Lipinski definition) is 0. The summed E-state index contributed by atoms with van der Waals surface area (Å²) >= 11 is 0. The van der Waals surface area contributed by atoms with Crippen molar-refractivity contribution in [2.75, 3.05) is 0 Å². The van der Waals surface area contributed by atoms with Crippen LogP contribution in [0.2, 0.25) is 0 Å². The van der Waals surface area contributed by atoms with Crippen LogP contribution < -0.4 is 0 Å². The number of fused-ring (bicyclic) bond motifs is 10. The molecule has 0 saturated carbocycles. The highest BCUT2D eigenvalue weighted by Gasteiger charge is 2.19. The zero-order valence-electron chi connectivity index (χ0n) is 27.2. The highest BCUT2D eigenvalue weighted by atomic mass is 14.2. The van der Waals surface area contributed by atoms with Gasteiger partial charge in [0.25, 0.3) is 0 Å². The molecule has 0 radical (unpaired) electrons. The fraction of sp³-hybridized carbons (Fsp3) is 0.0417. The summed E-state index contributed by atoms with van der Waals surface area (Å²) in [7, 11) is 0. The third-order valence-corrected chi connectivity index (χ3v) is 9.98. The lowest BCUT2D eigenvalue weighted by molar-refractivity contribution is 1.50. The first kappa shape index (κ1) is 28.3. The number of benzene rings is 10. The van der Waals surface area contributed by atoms with E-state index in [1.54, 1.807) is 0 Å². The lowest BCUT2D eigenvalue weighted by atomic mass is 9.83. The minimum Gasteiger partial charge on any atom is -0.0683 e. The van der Waals surface area contributed by atoms with Crippen LogP contribution in [-0.2, 0) is 0 Å². The highest BCUT2D eigenvalue weighted by molar-refractivity contribution is 6.28. The van der Waals surface area contributed by atoms with Crippen molar-refractivity contribution in [3.05, 3.63) is 170 Å². The molecule has 10 aromatic rings. The molecule has 0 aromatic heterocycles. The molecule has 10 rings (SSSR count). The Balaban J connectivity index is 0.00000154.